The van der Waals surface area contributed by atoms with E-state index in [1.54, 1.807) is 4.90 Å². The Morgan fingerprint density at radius 3 is 3.14 bits per heavy atom. The Labute approximate surface area is 89.8 Å². The van der Waals surface area contributed by atoms with Crippen molar-refractivity contribution in [2.75, 3.05) is 0 Å². The van der Waals surface area contributed by atoms with Gasteiger partial charge in [-0.05, 0) is 22.0 Å². The number of rotatable bonds is 0. The topological polar surface area (TPSA) is 29.5 Å². The molecule has 1 fully saturated rings. The second-order valence-electron chi connectivity index (χ2n) is 3.53. The van der Waals surface area contributed by atoms with Gasteiger partial charge in [0.1, 0.15) is 5.75 Å². The molecule has 1 aromatic carbocycles. The third-order valence-corrected chi connectivity index (χ3v) is 3.28. The van der Waals surface area contributed by atoms with Gasteiger partial charge in [0.2, 0.25) is 5.91 Å². The highest BCUT2D eigenvalue weighted by Crippen LogP contribution is 2.38. The van der Waals surface area contributed by atoms with E-state index in [0.717, 1.165) is 15.8 Å². The molecule has 14 heavy (non-hydrogen) atoms. The molecule has 72 valence electrons. The summed E-state index contributed by atoms with van der Waals surface area (Å²) < 4.78 is 6.66. The molecule has 2 aliphatic rings. The SMILES string of the molecule is O=C1C[C@H]2Oc3c(Br)cccc3CN12. The fourth-order valence-corrected chi connectivity index (χ4v) is 2.35. The minimum atomic E-state index is -0.0336. The first kappa shape index (κ1) is 8.29. The van der Waals surface area contributed by atoms with Crippen LogP contribution in [0.2, 0.25) is 0 Å². The number of benzene rings is 1. The van der Waals surface area contributed by atoms with Crippen LogP contribution in [-0.4, -0.2) is 17.0 Å². The maximum atomic E-state index is 11.2. The maximum absolute atomic E-state index is 11.2. The molecule has 0 N–H and O–H groups in total. The molecule has 2 heterocycles. The summed E-state index contributed by atoms with van der Waals surface area (Å²) in [4.78, 5) is 13.0. The van der Waals surface area contributed by atoms with Crippen LogP contribution in [0.25, 0.3) is 0 Å². The highest BCUT2D eigenvalue weighted by molar-refractivity contribution is 9.10. The van der Waals surface area contributed by atoms with Crippen LogP contribution in [0.5, 0.6) is 5.75 Å². The number of nitrogens with zero attached hydrogens (tertiary/aromatic N) is 1. The van der Waals surface area contributed by atoms with Crippen LogP contribution in [0, 0.1) is 0 Å². The fraction of sp³-hybridized carbons (Fsp3) is 0.300. The molecule has 3 rings (SSSR count). The first-order valence-electron chi connectivity index (χ1n) is 4.49. The lowest BCUT2D eigenvalue weighted by atomic mass is 10.1. The summed E-state index contributed by atoms with van der Waals surface area (Å²) in [5.41, 5.74) is 1.07. The van der Waals surface area contributed by atoms with E-state index in [0.29, 0.717) is 13.0 Å². The highest BCUT2D eigenvalue weighted by Gasteiger charge is 2.41. The Kier molecular flexibility index (Phi) is 1.62. The predicted octanol–water partition coefficient (Wildman–Crippen LogP) is 1.90. The third-order valence-electron chi connectivity index (χ3n) is 2.66. The van der Waals surface area contributed by atoms with Crippen LogP contribution in [0.4, 0.5) is 0 Å². The molecule has 2 aliphatic heterocycles. The van der Waals surface area contributed by atoms with Crippen molar-refractivity contribution in [2.45, 2.75) is 19.2 Å². The molecule has 1 saturated heterocycles. The zero-order valence-electron chi connectivity index (χ0n) is 7.37. The quantitative estimate of drug-likeness (QED) is 0.662. The number of hydrogen-bond donors (Lipinski definition) is 0. The molecule has 0 aliphatic carbocycles. The second kappa shape index (κ2) is 2.73. The predicted molar refractivity (Wildman–Crippen MR) is 53.7 cm³/mol. The second-order valence-corrected chi connectivity index (χ2v) is 4.38. The van der Waals surface area contributed by atoms with Crippen molar-refractivity contribution in [1.29, 1.82) is 0 Å². The molecule has 0 bridgehead atoms. The van der Waals surface area contributed by atoms with Gasteiger partial charge in [0.15, 0.2) is 6.23 Å². The van der Waals surface area contributed by atoms with Crippen molar-refractivity contribution in [3.05, 3.63) is 28.2 Å². The Morgan fingerprint density at radius 2 is 2.36 bits per heavy atom. The maximum Gasteiger partial charge on any atom is 0.231 e. The molecular weight excluding hydrogens is 246 g/mol. The molecule has 1 amide bonds. The van der Waals surface area contributed by atoms with Gasteiger partial charge in [-0.2, -0.15) is 0 Å². The smallest absolute Gasteiger partial charge is 0.231 e. The lowest BCUT2D eigenvalue weighted by Gasteiger charge is -2.44. The molecule has 0 radical (unpaired) electrons. The summed E-state index contributed by atoms with van der Waals surface area (Å²) in [7, 11) is 0. The van der Waals surface area contributed by atoms with Gasteiger partial charge in [0, 0.05) is 5.56 Å². The van der Waals surface area contributed by atoms with E-state index in [1.165, 1.54) is 0 Å². The third kappa shape index (κ3) is 1.00. The van der Waals surface area contributed by atoms with Crippen LogP contribution in [-0.2, 0) is 11.3 Å². The summed E-state index contributed by atoms with van der Waals surface area (Å²) in [6, 6.07) is 5.90. The van der Waals surface area contributed by atoms with Crippen LogP contribution in [0.1, 0.15) is 12.0 Å². The van der Waals surface area contributed by atoms with Crippen LogP contribution in [0.15, 0.2) is 22.7 Å². The largest absolute Gasteiger partial charge is 0.468 e. The molecule has 0 saturated carbocycles. The van der Waals surface area contributed by atoms with Gasteiger partial charge in [-0.25, -0.2) is 0 Å². The van der Waals surface area contributed by atoms with Gasteiger partial charge in [-0.15, -0.1) is 0 Å². The highest BCUT2D eigenvalue weighted by atomic mass is 79.9. The molecule has 0 spiro atoms. The zero-order valence-corrected chi connectivity index (χ0v) is 8.95. The van der Waals surface area contributed by atoms with Gasteiger partial charge in [0.05, 0.1) is 17.4 Å². The average molecular weight is 254 g/mol. The fourth-order valence-electron chi connectivity index (χ4n) is 1.85. The number of halogens is 1. The number of amides is 1. The van der Waals surface area contributed by atoms with E-state index in [9.17, 15) is 4.79 Å². The lowest BCUT2D eigenvalue weighted by Crippen LogP contribution is -2.56. The van der Waals surface area contributed by atoms with Gasteiger partial charge < -0.3 is 9.64 Å². The van der Waals surface area contributed by atoms with E-state index in [-0.39, 0.29) is 12.1 Å². The number of fused-ring (bicyclic) bond motifs is 2. The monoisotopic (exact) mass is 253 g/mol. The number of para-hydroxylation sites is 1. The summed E-state index contributed by atoms with van der Waals surface area (Å²) in [5.74, 6) is 1.07. The van der Waals surface area contributed by atoms with Gasteiger partial charge in [-0.3, -0.25) is 4.79 Å². The molecule has 4 heteroatoms. The minimum absolute atomic E-state index is 0.0336. The molecule has 0 aromatic heterocycles. The number of β-lactam (4-membered cyclic amide) rings is 1. The van der Waals surface area contributed by atoms with E-state index in [2.05, 4.69) is 15.9 Å². The summed E-state index contributed by atoms with van der Waals surface area (Å²) in [6.07, 6.45) is 0.481. The average Bonchev–Trinajstić information content (AvgIpc) is 2.17. The molecular formula is C10H8BrNO2. The van der Waals surface area contributed by atoms with E-state index in [1.807, 2.05) is 18.2 Å². The lowest BCUT2D eigenvalue weighted by molar-refractivity contribution is -0.165. The Bertz CT molecular complexity index is 419. The summed E-state index contributed by atoms with van der Waals surface area (Å²) >= 11 is 3.44. The zero-order chi connectivity index (χ0) is 9.71. The molecule has 1 aromatic rings. The number of ether oxygens (including phenoxy) is 1. The number of carbonyl (C=O) groups is 1. The van der Waals surface area contributed by atoms with Gasteiger partial charge in [0.25, 0.3) is 0 Å². The number of hydrogen-bond acceptors (Lipinski definition) is 2. The normalized spacial score (nSPS) is 23.4. The van der Waals surface area contributed by atoms with Crippen LogP contribution >= 0.6 is 15.9 Å². The van der Waals surface area contributed by atoms with Crippen molar-refractivity contribution in [3.63, 3.8) is 0 Å². The van der Waals surface area contributed by atoms with E-state index in [4.69, 9.17) is 4.74 Å². The van der Waals surface area contributed by atoms with E-state index >= 15 is 0 Å². The minimum Gasteiger partial charge on any atom is -0.468 e. The van der Waals surface area contributed by atoms with Crippen LogP contribution in [0.3, 0.4) is 0 Å². The van der Waals surface area contributed by atoms with Crippen molar-refractivity contribution in [3.8, 4) is 5.75 Å². The standard InChI is InChI=1S/C10H8BrNO2/c11-7-3-1-2-6-5-12-8(13)4-9(12)14-10(6)7/h1-3,9H,4-5H2/t9-/m1/s1. The Balaban J connectivity index is 2.03. The molecule has 1 atom stereocenters. The van der Waals surface area contributed by atoms with Crippen molar-refractivity contribution in [2.24, 2.45) is 0 Å². The number of carbonyl (C=O) groups excluding carboxylic acids is 1. The molecule has 0 unspecified atom stereocenters. The first-order chi connectivity index (χ1) is 6.75. The van der Waals surface area contributed by atoms with Crippen molar-refractivity contribution >= 4 is 21.8 Å². The van der Waals surface area contributed by atoms with Gasteiger partial charge in [-0.1, -0.05) is 12.1 Å². The van der Waals surface area contributed by atoms with Crippen molar-refractivity contribution < 1.29 is 9.53 Å². The van der Waals surface area contributed by atoms with Crippen LogP contribution < -0.4 is 4.74 Å². The summed E-state index contributed by atoms with van der Waals surface area (Å²) in [5, 5.41) is 0. The Hall–Kier alpha value is -1.03. The van der Waals surface area contributed by atoms with E-state index < -0.39 is 0 Å². The van der Waals surface area contributed by atoms with Crippen molar-refractivity contribution in [1.82, 2.24) is 4.90 Å². The Morgan fingerprint density at radius 1 is 1.50 bits per heavy atom. The molecule has 3 nitrogen and oxygen atoms in total. The summed E-state index contributed by atoms with van der Waals surface area (Å²) in [6.45, 7) is 0.679. The first-order valence-corrected chi connectivity index (χ1v) is 5.28. The van der Waals surface area contributed by atoms with Gasteiger partial charge >= 0.3 is 0 Å².